The zero-order valence-corrected chi connectivity index (χ0v) is 10.9. The molecule has 0 amide bonds. The van der Waals surface area contributed by atoms with Crippen molar-refractivity contribution >= 4 is 22.6 Å². The van der Waals surface area contributed by atoms with Crippen LogP contribution in [0.15, 0.2) is 0 Å². The summed E-state index contributed by atoms with van der Waals surface area (Å²) in [6.07, 6.45) is 5.05. The maximum absolute atomic E-state index is 3.96. The van der Waals surface area contributed by atoms with Crippen molar-refractivity contribution in [2.45, 2.75) is 46.1 Å². The molecule has 4 nitrogen and oxygen atoms in total. The summed E-state index contributed by atoms with van der Waals surface area (Å²) in [5.41, 5.74) is 0. The van der Waals surface area contributed by atoms with Gasteiger partial charge in [-0.1, -0.05) is 33.1 Å². The Kier molecular flexibility index (Phi) is 5.36. The molecule has 1 rings (SSSR count). The highest BCUT2D eigenvalue weighted by Crippen LogP contribution is 2.15. The van der Waals surface area contributed by atoms with E-state index >= 15 is 0 Å². The number of aromatic nitrogens is 4. The Labute approximate surface area is 98.6 Å². The second-order valence-corrected chi connectivity index (χ2v) is 4.51. The van der Waals surface area contributed by atoms with Gasteiger partial charge in [-0.2, -0.15) is 0 Å². The van der Waals surface area contributed by atoms with E-state index in [1.165, 1.54) is 25.7 Å². The smallest absolute Gasteiger partial charge is 0.212 e. The Balaban J connectivity index is 2.44. The second-order valence-electron chi connectivity index (χ2n) is 3.55. The summed E-state index contributed by atoms with van der Waals surface area (Å²) in [5.74, 6) is 0.715. The number of rotatable bonds is 6. The summed E-state index contributed by atoms with van der Waals surface area (Å²) in [5, 5.41) is 11.5. The molecule has 14 heavy (non-hydrogen) atoms. The summed E-state index contributed by atoms with van der Waals surface area (Å²) in [7, 11) is 0. The van der Waals surface area contributed by atoms with Crippen molar-refractivity contribution in [2.75, 3.05) is 0 Å². The summed E-state index contributed by atoms with van der Waals surface area (Å²) in [4.78, 5) is 0. The minimum Gasteiger partial charge on any atom is -0.221 e. The molecule has 1 heterocycles. The number of halogens is 1. The molecule has 0 aliphatic rings. The van der Waals surface area contributed by atoms with E-state index in [2.05, 4.69) is 52.0 Å². The lowest BCUT2D eigenvalue weighted by Gasteiger charge is -2.13. The molecule has 0 radical (unpaired) electrons. The van der Waals surface area contributed by atoms with Gasteiger partial charge in [-0.3, -0.25) is 0 Å². The Morgan fingerprint density at radius 1 is 1.43 bits per heavy atom. The number of hydrogen-bond acceptors (Lipinski definition) is 3. The molecule has 0 saturated carbocycles. The normalized spacial score (nSPS) is 13.1. The Morgan fingerprint density at radius 2 is 2.21 bits per heavy atom. The van der Waals surface area contributed by atoms with Crippen LogP contribution < -0.4 is 0 Å². The molecular weight excluding hydrogens is 291 g/mol. The Hall–Kier alpha value is -0.200. The molecule has 0 aliphatic heterocycles. The van der Waals surface area contributed by atoms with E-state index in [1.807, 2.05) is 4.68 Å². The van der Waals surface area contributed by atoms with Crippen LogP contribution in [0.5, 0.6) is 0 Å². The largest absolute Gasteiger partial charge is 0.221 e. The van der Waals surface area contributed by atoms with E-state index in [1.54, 1.807) is 0 Å². The third-order valence-electron chi connectivity index (χ3n) is 2.46. The molecule has 1 aromatic rings. The van der Waals surface area contributed by atoms with E-state index in [4.69, 9.17) is 0 Å². The lowest BCUT2D eigenvalue weighted by atomic mass is 10.00. The fourth-order valence-electron chi connectivity index (χ4n) is 1.47. The number of hydrogen-bond donors (Lipinski definition) is 0. The van der Waals surface area contributed by atoms with E-state index < -0.39 is 0 Å². The summed E-state index contributed by atoms with van der Waals surface area (Å²) in [6.45, 7) is 5.42. The standard InChI is InChI=1S/C9H17IN4/c1-3-5-6-8(4-2)7-14-9(10)11-12-13-14/h8H,3-7H2,1-2H3. The highest BCUT2D eigenvalue weighted by atomic mass is 127. The van der Waals surface area contributed by atoms with E-state index in [0.29, 0.717) is 5.92 Å². The van der Waals surface area contributed by atoms with Gasteiger partial charge in [0.25, 0.3) is 0 Å². The maximum atomic E-state index is 3.96. The lowest BCUT2D eigenvalue weighted by Crippen LogP contribution is -2.13. The average molecular weight is 308 g/mol. The van der Waals surface area contributed by atoms with E-state index in [-0.39, 0.29) is 0 Å². The number of tetrazole rings is 1. The summed E-state index contributed by atoms with van der Waals surface area (Å²) < 4.78 is 2.78. The van der Waals surface area contributed by atoms with E-state index in [0.717, 1.165) is 10.4 Å². The Bertz CT molecular complexity index is 261. The van der Waals surface area contributed by atoms with Crippen molar-refractivity contribution in [1.29, 1.82) is 0 Å². The first-order chi connectivity index (χ1) is 6.77. The number of unbranched alkanes of at least 4 members (excludes halogenated alkanes) is 1. The summed E-state index contributed by atoms with van der Waals surface area (Å²) >= 11 is 2.17. The van der Waals surface area contributed by atoms with Gasteiger partial charge in [0.15, 0.2) is 0 Å². The van der Waals surface area contributed by atoms with Gasteiger partial charge < -0.3 is 0 Å². The van der Waals surface area contributed by atoms with Crippen LogP contribution in [-0.2, 0) is 6.54 Å². The van der Waals surface area contributed by atoms with Crippen molar-refractivity contribution in [2.24, 2.45) is 5.92 Å². The molecule has 0 bridgehead atoms. The predicted octanol–water partition coefficient (Wildman–Crippen LogP) is 2.49. The molecule has 0 aromatic carbocycles. The van der Waals surface area contributed by atoms with Crippen molar-refractivity contribution < 1.29 is 0 Å². The van der Waals surface area contributed by atoms with Gasteiger partial charge in [-0.25, -0.2) is 4.68 Å². The molecule has 1 aromatic heterocycles. The molecule has 0 N–H and O–H groups in total. The van der Waals surface area contributed by atoms with Gasteiger partial charge in [-0.05, 0) is 22.8 Å². The van der Waals surface area contributed by atoms with Crippen LogP contribution in [0.4, 0.5) is 0 Å². The van der Waals surface area contributed by atoms with Crippen molar-refractivity contribution in [1.82, 2.24) is 20.2 Å². The fourth-order valence-corrected chi connectivity index (χ4v) is 1.86. The van der Waals surface area contributed by atoms with Gasteiger partial charge in [-0.15, -0.1) is 5.10 Å². The third kappa shape index (κ3) is 3.51. The quantitative estimate of drug-likeness (QED) is 0.758. The lowest BCUT2D eigenvalue weighted by molar-refractivity contribution is 0.364. The van der Waals surface area contributed by atoms with Crippen LogP contribution in [0.25, 0.3) is 0 Å². The van der Waals surface area contributed by atoms with Crippen molar-refractivity contribution in [3.8, 4) is 0 Å². The van der Waals surface area contributed by atoms with Crippen LogP contribution in [0, 0.1) is 9.75 Å². The topological polar surface area (TPSA) is 43.6 Å². The van der Waals surface area contributed by atoms with Gasteiger partial charge in [0, 0.05) is 29.1 Å². The SMILES string of the molecule is CCCCC(CC)Cn1nnnc1I. The first kappa shape index (κ1) is 11.9. The van der Waals surface area contributed by atoms with Crippen LogP contribution in [0.3, 0.4) is 0 Å². The maximum Gasteiger partial charge on any atom is 0.212 e. The molecule has 0 aliphatic carbocycles. The van der Waals surface area contributed by atoms with Crippen LogP contribution >= 0.6 is 22.6 Å². The second kappa shape index (κ2) is 6.31. The van der Waals surface area contributed by atoms with Crippen molar-refractivity contribution in [3.05, 3.63) is 3.83 Å². The molecule has 5 heteroatoms. The first-order valence-electron chi connectivity index (χ1n) is 5.19. The zero-order valence-electron chi connectivity index (χ0n) is 8.78. The summed E-state index contributed by atoms with van der Waals surface area (Å²) in [6, 6.07) is 0. The Morgan fingerprint density at radius 3 is 2.71 bits per heavy atom. The minimum absolute atomic E-state index is 0.715. The third-order valence-corrected chi connectivity index (χ3v) is 3.24. The molecule has 1 unspecified atom stereocenters. The molecule has 0 spiro atoms. The van der Waals surface area contributed by atoms with Gasteiger partial charge >= 0.3 is 0 Å². The monoisotopic (exact) mass is 308 g/mol. The molecule has 0 fully saturated rings. The molecule has 80 valence electrons. The van der Waals surface area contributed by atoms with Crippen LogP contribution in [-0.4, -0.2) is 20.2 Å². The first-order valence-corrected chi connectivity index (χ1v) is 6.27. The van der Waals surface area contributed by atoms with Crippen LogP contribution in [0.1, 0.15) is 39.5 Å². The van der Waals surface area contributed by atoms with E-state index in [9.17, 15) is 0 Å². The zero-order chi connectivity index (χ0) is 10.4. The molecule has 1 atom stereocenters. The predicted molar refractivity (Wildman–Crippen MR) is 63.8 cm³/mol. The number of nitrogens with zero attached hydrogens (tertiary/aromatic N) is 4. The molecule has 0 saturated heterocycles. The minimum atomic E-state index is 0.715. The fraction of sp³-hybridized carbons (Fsp3) is 0.889. The van der Waals surface area contributed by atoms with Gasteiger partial charge in [0.1, 0.15) is 0 Å². The van der Waals surface area contributed by atoms with Gasteiger partial charge in [0.2, 0.25) is 3.83 Å². The van der Waals surface area contributed by atoms with Gasteiger partial charge in [0.05, 0.1) is 0 Å². The van der Waals surface area contributed by atoms with Crippen LogP contribution in [0.2, 0.25) is 0 Å². The highest BCUT2D eigenvalue weighted by molar-refractivity contribution is 14.1. The molecular formula is C9H17IN4. The van der Waals surface area contributed by atoms with Crippen molar-refractivity contribution in [3.63, 3.8) is 0 Å². The average Bonchev–Trinajstić information content (AvgIpc) is 2.59. The highest BCUT2D eigenvalue weighted by Gasteiger charge is 2.10.